The van der Waals surface area contributed by atoms with Crippen LogP contribution >= 0.6 is 23.5 Å². The molecule has 0 rings (SSSR count). The van der Waals surface area contributed by atoms with Crippen molar-refractivity contribution in [2.24, 2.45) is 0 Å². The quantitative estimate of drug-likeness (QED) is 0.307. The minimum atomic E-state index is -5.70. The van der Waals surface area contributed by atoms with Crippen molar-refractivity contribution >= 4 is 28.1 Å². The molecule has 0 atom stereocenters. The highest BCUT2D eigenvalue weighted by Gasteiger charge is 2.55. The van der Waals surface area contributed by atoms with Crippen molar-refractivity contribution in [1.29, 1.82) is 0 Å². The lowest BCUT2D eigenvalue weighted by atomic mass is 11.0. The average Bonchev–Trinajstić information content (AvgIpc) is 1.77. The highest BCUT2D eigenvalue weighted by atomic mass is 35.5. The highest BCUT2D eigenvalue weighted by molar-refractivity contribution is 8.14. The van der Waals surface area contributed by atoms with Gasteiger partial charge in [-0.3, -0.25) is 4.79 Å². The molecule has 0 aliphatic carbocycles. The van der Waals surface area contributed by atoms with Crippen LogP contribution in [0, 0.1) is 0 Å². The monoisotopic (exact) mass is 247 g/mol. The van der Waals surface area contributed by atoms with Gasteiger partial charge < -0.3 is 0 Å². The van der Waals surface area contributed by atoms with Gasteiger partial charge in [-0.2, -0.15) is 26.3 Å². The van der Waals surface area contributed by atoms with E-state index in [1.807, 2.05) is 0 Å². The second kappa shape index (κ2) is 3.93. The van der Waals surface area contributed by atoms with Crippen LogP contribution in [0.25, 0.3) is 0 Å². The molecule has 0 aliphatic rings. The Morgan fingerprint density at radius 2 is 1.38 bits per heavy atom. The van der Waals surface area contributed by atoms with Crippen LogP contribution in [0.5, 0.6) is 0 Å². The van der Waals surface area contributed by atoms with Crippen molar-refractivity contribution in [2.75, 3.05) is 0 Å². The number of carbonyl (C=O) groups is 1. The van der Waals surface area contributed by atoms with Gasteiger partial charge in [-0.1, -0.05) is 4.31 Å². The van der Waals surface area contributed by atoms with Crippen molar-refractivity contribution in [3.8, 4) is 0 Å². The Hall–Kier alpha value is -0.150. The Kier molecular flexibility index (Phi) is 3.88. The SMILES string of the molecule is O=C(Cl)SN(C(F)(F)F)C(F)(F)F. The van der Waals surface area contributed by atoms with E-state index in [9.17, 15) is 31.1 Å². The van der Waals surface area contributed by atoms with E-state index >= 15 is 0 Å². The summed E-state index contributed by atoms with van der Waals surface area (Å²) in [6.07, 6.45) is -11.4. The first-order valence-corrected chi connectivity index (χ1v) is 3.51. The fourth-order valence-corrected chi connectivity index (χ4v) is 0.877. The molecule has 0 spiro atoms. The summed E-state index contributed by atoms with van der Waals surface area (Å²) in [7, 11) is 0. The van der Waals surface area contributed by atoms with E-state index < -0.39 is 33.4 Å². The molecule has 0 saturated carbocycles. The van der Waals surface area contributed by atoms with Crippen molar-refractivity contribution in [3.05, 3.63) is 0 Å². The van der Waals surface area contributed by atoms with E-state index in [1.165, 1.54) is 0 Å². The average molecular weight is 248 g/mol. The minimum Gasteiger partial charge on any atom is -0.267 e. The number of hydrogen-bond acceptors (Lipinski definition) is 3. The predicted molar refractivity (Wildman–Crippen MR) is 32.8 cm³/mol. The lowest BCUT2D eigenvalue weighted by Gasteiger charge is -2.23. The standard InChI is InChI=1S/C3ClF6NOS/c4-1(12)13-11(2(5,6)7)3(8,9)10. The summed E-state index contributed by atoms with van der Waals surface area (Å²) in [5, 5.41) is 0. The summed E-state index contributed by atoms with van der Waals surface area (Å²) >= 11 is 3.19. The Labute approximate surface area is 76.9 Å². The minimum absolute atomic E-state index is 1.18. The molecule has 0 aromatic heterocycles. The van der Waals surface area contributed by atoms with Crippen molar-refractivity contribution < 1.29 is 31.1 Å². The first kappa shape index (κ1) is 12.8. The molecule has 0 N–H and O–H groups in total. The molecule has 0 aromatic carbocycles. The molecule has 2 nitrogen and oxygen atoms in total. The second-order valence-corrected chi connectivity index (χ2v) is 3.04. The first-order valence-electron chi connectivity index (χ1n) is 2.36. The second-order valence-electron chi connectivity index (χ2n) is 1.56. The van der Waals surface area contributed by atoms with Crippen LogP contribution in [-0.2, 0) is 0 Å². The summed E-state index contributed by atoms with van der Waals surface area (Å²) in [6.45, 7) is 0. The van der Waals surface area contributed by atoms with Crippen LogP contribution in [0.1, 0.15) is 0 Å². The molecule has 13 heavy (non-hydrogen) atoms. The summed E-state index contributed by atoms with van der Waals surface area (Å²) in [5.41, 5.74) is 0. The topological polar surface area (TPSA) is 20.3 Å². The Morgan fingerprint density at radius 3 is 1.46 bits per heavy atom. The molecular formula is C3ClF6NOS. The van der Waals surface area contributed by atoms with Crippen LogP contribution < -0.4 is 0 Å². The Bertz CT molecular complexity index is 187. The number of hydrogen-bond donors (Lipinski definition) is 0. The maximum atomic E-state index is 11.6. The Morgan fingerprint density at radius 1 is 1.08 bits per heavy atom. The molecule has 0 bridgehead atoms. The zero-order valence-corrected chi connectivity index (χ0v) is 6.98. The summed E-state index contributed by atoms with van der Waals surface area (Å²) in [4.78, 5) is 9.83. The molecule has 0 heterocycles. The number of alkyl halides is 6. The normalized spacial score (nSPS) is 13.5. The van der Waals surface area contributed by atoms with Crippen LogP contribution in [0.3, 0.4) is 0 Å². The van der Waals surface area contributed by atoms with Gasteiger partial charge in [-0.05, 0) is 11.6 Å². The third-order valence-electron chi connectivity index (χ3n) is 0.624. The van der Waals surface area contributed by atoms with Gasteiger partial charge in [-0.25, -0.2) is 0 Å². The molecule has 0 saturated heterocycles. The van der Waals surface area contributed by atoms with E-state index in [1.54, 1.807) is 0 Å². The van der Waals surface area contributed by atoms with E-state index in [0.29, 0.717) is 0 Å². The van der Waals surface area contributed by atoms with Crippen LogP contribution in [0.15, 0.2) is 0 Å². The molecule has 10 heteroatoms. The lowest BCUT2D eigenvalue weighted by Crippen LogP contribution is -2.43. The lowest BCUT2D eigenvalue weighted by molar-refractivity contribution is -0.329. The molecule has 0 amide bonds. The summed E-state index contributed by atoms with van der Waals surface area (Å²) < 4.78 is 65.5. The fraction of sp³-hybridized carbons (Fsp3) is 0.667. The molecular weight excluding hydrogens is 248 g/mol. The van der Waals surface area contributed by atoms with Gasteiger partial charge in [0.25, 0.3) is 4.57 Å². The zero-order valence-electron chi connectivity index (χ0n) is 5.41. The van der Waals surface area contributed by atoms with Gasteiger partial charge in [0, 0.05) is 11.9 Å². The Balaban J connectivity index is 4.68. The van der Waals surface area contributed by atoms with E-state index in [2.05, 4.69) is 11.6 Å². The van der Waals surface area contributed by atoms with E-state index in [4.69, 9.17) is 0 Å². The molecule has 0 aliphatic heterocycles. The van der Waals surface area contributed by atoms with Gasteiger partial charge in [0.1, 0.15) is 0 Å². The third kappa shape index (κ3) is 4.58. The highest BCUT2D eigenvalue weighted by Crippen LogP contribution is 2.40. The van der Waals surface area contributed by atoms with Gasteiger partial charge >= 0.3 is 12.6 Å². The fourth-order valence-electron chi connectivity index (χ4n) is 0.319. The van der Waals surface area contributed by atoms with Gasteiger partial charge in [-0.15, -0.1) is 0 Å². The summed E-state index contributed by atoms with van der Waals surface area (Å²) in [6, 6.07) is 0. The van der Waals surface area contributed by atoms with Crippen LogP contribution in [0.4, 0.5) is 31.1 Å². The maximum Gasteiger partial charge on any atom is 0.477 e. The first-order chi connectivity index (χ1) is 5.55. The predicted octanol–water partition coefficient (Wildman–Crippen LogP) is 3.33. The van der Waals surface area contributed by atoms with Crippen molar-refractivity contribution in [1.82, 2.24) is 4.31 Å². The number of nitrogens with zero attached hydrogens (tertiary/aromatic N) is 1. The molecule has 0 aromatic rings. The zero-order chi connectivity index (χ0) is 10.9. The van der Waals surface area contributed by atoms with Crippen molar-refractivity contribution in [3.63, 3.8) is 0 Å². The number of halogens is 7. The molecule has 0 radical (unpaired) electrons. The molecule has 78 valence electrons. The molecule has 0 unspecified atom stereocenters. The summed E-state index contributed by atoms with van der Waals surface area (Å²) in [5.74, 6) is 0. The smallest absolute Gasteiger partial charge is 0.267 e. The number of carbonyl (C=O) groups excluding carboxylic acids is 1. The van der Waals surface area contributed by atoms with Gasteiger partial charge in [0.15, 0.2) is 0 Å². The maximum absolute atomic E-state index is 11.6. The van der Waals surface area contributed by atoms with E-state index in [-0.39, 0.29) is 0 Å². The number of rotatable bonds is 1. The third-order valence-corrected chi connectivity index (χ3v) is 1.57. The molecule has 0 fully saturated rings. The van der Waals surface area contributed by atoms with E-state index in [0.717, 1.165) is 0 Å². The van der Waals surface area contributed by atoms with Crippen LogP contribution in [0.2, 0.25) is 0 Å². The van der Waals surface area contributed by atoms with Gasteiger partial charge in [0.05, 0.1) is 0 Å². The van der Waals surface area contributed by atoms with Crippen molar-refractivity contribution in [2.45, 2.75) is 12.6 Å². The van der Waals surface area contributed by atoms with Gasteiger partial charge in [0.2, 0.25) is 0 Å². The van der Waals surface area contributed by atoms with Crippen LogP contribution in [-0.4, -0.2) is 21.5 Å². The largest absolute Gasteiger partial charge is 0.477 e.